The van der Waals surface area contributed by atoms with Gasteiger partial charge in [-0.3, -0.25) is 15.0 Å². The molecule has 9 nitrogen and oxygen atoms in total. The minimum atomic E-state index is -0.849. The highest BCUT2D eigenvalue weighted by Gasteiger charge is 2.33. The molecule has 0 aliphatic carbocycles. The number of imide groups is 1. The van der Waals surface area contributed by atoms with E-state index >= 15 is 0 Å². The van der Waals surface area contributed by atoms with Gasteiger partial charge in [-0.05, 0) is 12.1 Å². The topological polar surface area (TPSA) is 117 Å². The highest BCUT2D eigenvalue weighted by atomic mass is 16.3. The smallest absolute Gasteiger partial charge is 0.323 e. The van der Waals surface area contributed by atoms with Crippen LogP contribution in [0.2, 0.25) is 0 Å². The maximum Gasteiger partial charge on any atom is 0.323 e. The van der Waals surface area contributed by atoms with Gasteiger partial charge < -0.3 is 15.1 Å². The molecule has 2 saturated heterocycles. The summed E-state index contributed by atoms with van der Waals surface area (Å²) in [7, 11) is 0. The van der Waals surface area contributed by atoms with Crippen molar-refractivity contribution in [2.24, 2.45) is 0 Å². The van der Waals surface area contributed by atoms with Gasteiger partial charge in [-0.1, -0.05) is 0 Å². The number of aromatic nitrogens is 1. The molecule has 2 fully saturated rings. The van der Waals surface area contributed by atoms with Gasteiger partial charge in [0, 0.05) is 18.5 Å². The number of nitrogens with one attached hydrogen (secondary N) is 3. The normalized spacial score (nSPS) is 21.2. The van der Waals surface area contributed by atoms with Crippen LogP contribution in [-0.4, -0.2) is 36.0 Å². The second-order valence-corrected chi connectivity index (χ2v) is 5.01. The molecule has 0 bridgehead atoms. The van der Waals surface area contributed by atoms with Crippen LogP contribution >= 0.6 is 0 Å². The standard InChI is InChI=1S/C13H11N5O4/c19-11-10(16-12(20)17-11)7-3-6-4-9(15-5-8(6)22-7)18-2-1-14-13(18)21/h3-5,10H,1-2H2,(H,14,21)(H2,16,17,19,20). The van der Waals surface area contributed by atoms with Gasteiger partial charge in [0.1, 0.15) is 11.6 Å². The SMILES string of the molecule is O=C1NC(=O)C(c2cc3cc(N4CCNC4=O)ncc3o2)N1. The Labute approximate surface area is 123 Å². The van der Waals surface area contributed by atoms with E-state index in [9.17, 15) is 14.4 Å². The van der Waals surface area contributed by atoms with Gasteiger partial charge in [-0.15, -0.1) is 0 Å². The molecule has 112 valence electrons. The number of pyridine rings is 1. The van der Waals surface area contributed by atoms with E-state index in [1.54, 1.807) is 12.1 Å². The van der Waals surface area contributed by atoms with Crippen molar-refractivity contribution in [3.05, 3.63) is 24.1 Å². The first-order valence-electron chi connectivity index (χ1n) is 6.68. The summed E-state index contributed by atoms with van der Waals surface area (Å²) in [5, 5.41) is 8.02. The molecule has 1 atom stereocenters. The quantitative estimate of drug-likeness (QED) is 0.687. The summed E-state index contributed by atoms with van der Waals surface area (Å²) < 4.78 is 5.56. The molecule has 2 aliphatic rings. The predicted molar refractivity (Wildman–Crippen MR) is 74.2 cm³/mol. The van der Waals surface area contributed by atoms with Crippen LogP contribution in [0.4, 0.5) is 15.4 Å². The molecule has 22 heavy (non-hydrogen) atoms. The third-order valence-corrected chi connectivity index (χ3v) is 3.60. The first-order valence-corrected chi connectivity index (χ1v) is 6.68. The Bertz CT molecular complexity index is 814. The largest absolute Gasteiger partial charge is 0.457 e. The number of urea groups is 2. The number of carbonyl (C=O) groups excluding carboxylic acids is 3. The molecule has 0 aromatic carbocycles. The third-order valence-electron chi connectivity index (χ3n) is 3.60. The van der Waals surface area contributed by atoms with Gasteiger partial charge in [0.25, 0.3) is 5.91 Å². The van der Waals surface area contributed by atoms with E-state index in [1.807, 2.05) is 0 Å². The van der Waals surface area contributed by atoms with E-state index in [2.05, 4.69) is 20.9 Å². The molecular formula is C13H11N5O4. The van der Waals surface area contributed by atoms with E-state index in [0.29, 0.717) is 35.6 Å². The van der Waals surface area contributed by atoms with Gasteiger partial charge in [0.05, 0.1) is 6.20 Å². The fourth-order valence-electron chi connectivity index (χ4n) is 2.55. The molecule has 0 radical (unpaired) electrons. The van der Waals surface area contributed by atoms with Crippen molar-refractivity contribution in [2.75, 3.05) is 18.0 Å². The first-order chi connectivity index (χ1) is 10.6. The highest BCUT2D eigenvalue weighted by molar-refractivity contribution is 6.04. The second-order valence-electron chi connectivity index (χ2n) is 5.01. The highest BCUT2D eigenvalue weighted by Crippen LogP contribution is 2.27. The van der Waals surface area contributed by atoms with Crippen molar-refractivity contribution >= 4 is 34.8 Å². The summed E-state index contributed by atoms with van der Waals surface area (Å²) >= 11 is 0. The van der Waals surface area contributed by atoms with Crippen molar-refractivity contribution in [1.82, 2.24) is 20.9 Å². The summed E-state index contributed by atoms with van der Waals surface area (Å²) in [4.78, 5) is 40.2. The number of anilines is 1. The van der Waals surface area contributed by atoms with Crippen LogP contribution in [0.1, 0.15) is 11.8 Å². The van der Waals surface area contributed by atoms with Crippen LogP contribution in [0.15, 0.2) is 22.7 Å². The lowest BCUT2D eigenvalue weighted by atomic mass is 10.2. The minimum Gasteiger partial charge on any atom is -0.457 e. The fraction of sp³-hybridized carbons (Fsp3) is 0.231. The van der Waals surface area contributed by atoms with E-state index in [-0.39, 0.29) is 6.03 Å². The number of fused-ring (bicyclic) bond motifs is 1. The van der Waals surface area contributed by atoms with Crippen LogP contribution in [0, 0.1) is 0 Å². The van der Waals surface area contributed by atoms with Crippen LogP contribution < -0.4 is 20.9 Å². The molecule has 0 spiro atoms. The Kier molecular flexibility index (Phi) is 2.55. The Morgan fingerprint density at radius 2 is 2.14 bits per heavy atom. The van der Waals surface area contributed by atoms with Crippen molar-refractivity contribution < 1.29 is 18.8 Å². The Hall–Kier alpha value is -3.10. The molecule has 4 heterocycles. The summed E-state index contributed by atoms with van der Waals surface area (Å²) in [5.74, 6) is 0.370. The number of nitrogens with zero attached hydrogens (tertiary/aromatic N) is 2. The van der Waals surface area contributed by atoms with Gasteiger partial charge in [-0.2, -0.15) is 0 Å². The maximum atomic E-state index is 11.7. The fourth-order valence-corrected chi connectivity index (χ4v) is 2.55. The first kappa shape index (κ1) is 12.6. The monoisotopic (exact) mass is 301 g/mol. The zero-order chi connectivity index (χ0) is 15.3. The average Bonchev–Trinajstić information content (AvgIpc) is 3.16. The Balaban J connectivity index is 1.71. The molecule has 2 aromatic heterocycles. The Morgan fingerprint density at radius 3 is 2.82 bits per heavy atom. The van der Waals surface area contributed by atoms with Crippen molar-refractivity contribution in [3.63, 3.8) is 0 Å². The second kappa shape index (κ2) is 4.45. The van der Waals surface area contributed by atoms with Gasteiger partial charge in [0.15, 0.2) is 11.6 Å². The number of hydrogen-bond donors (Lipinski definition) is 3. The van der Waals surface area contributed by atoms with Crippen LogP contribution in [0.3, 0.4) is 0 Å². The van der Waals surface area contributed by atoms with E-state index in [1.165, 1.54) is 11.1 Å². The van der Waals surface area contributed by atoms with Crippen molar-refractivity contribution in [3.8, 4) is 0 Å². The molecule has 3 N–H and O–H groups in total. The molecule has 2 aliphatic heterocycles. The van der Waals surface area contributed by atoms with E-state index in [0.717, 1.165) is 0 Å². The lowest BCUT2D eigenvalue weighted by molar-refractivity contribution is -0.120. The lowest BCUT2D eigenvalue weighted by Crippen LogP contribution is -2.28. The summed E-state index contributed by atoms with van der Waals surface area (Å²) in [6.07, 6.45) is 1.49. The summed E-state index contributed by atoms with van der Waals surface area (Å²) in [6.45, 7) is 1.12. The van der Waals surface area contributed by atoms with Crippen molar-refractivity contribution in [1.29, 1.82) is 0 Å². The zero-order valence-corrected chi connectivity index (χ0v) is 11.3. The number of amides is 5. The third kappa shape index (κ3) is 1.86. The average molecular weight is 301 g/mol. The van der Waals surface area contributed by atoms with Gasteiger partial charge in [0.2, 0.25) is 0 Å². The number of carbonyl (C=O) groups is 3. The molecular weight excluding hydrogens is 290 g/mol. The van der Waals surface area contributed by atoms with Gasteiger partial charge >= 0.3 is 12.1 Å². The van der Waals surface area contributed by atoms with Crippen LogP contribution in [-0.2, 0) is 4.79 Å². The molecule has 9 heteroatoms. The molecule has 4 rings (SSSR count). The van der Waals surface area contributed by atoms with Crippen LogP contribution in [0.25, 0.3) is 11.0 Å². The molecule has 5 amide bonds. The molecule has 0 saturated carbocycles. The summed E-state index contributed by atoms with van der Waals surface area (Å²) in [5.41, 5.74) is 0.479. The van der Waals surface area contributed by atoms with Crippen LogP contribution in [0.5, 0.6) is 0 Å². The lowest BCUT2D eigenvalue weighted by Gasteiger charge is -2.12. The molecule has 2 aromatic rings. The van der Waals surface area contributed by atoms with E-state index in [4.69, 9.17) is 4.42 Å². The number of rotatable bonds is 2. The number of hydrogen-bond acceptors (Lipinski definition) is 5. The zero-order valence-electron chi connectivity index (χ0n) is 11.3. The van der Waals surface area contributed by atoms with E-state index < -0.39 is 18.0 Å². The predicted octanol–water partition coefficient (Wildman–Crippen LogP) is 0.238. The minimum absolute atomic E-state index is 0.196. The molecule has 1 unspecified atom stereocenters. The Morgan fingerprint density at radius 1 is 1.27 bits per heavy atom. The van der Waals surface area contributed by atoms with Crippen molar-refractivity contribution in [2.45, 2.75) is 6.04 Å². The number of furan rings is 1. The van der Waals surface area contributed by atoms with Gasteiger partial charge in [-0.25, -0.2) is 14.6 Å². The summed E-state index contributed by atoms with van der Waals surface area (Å²) in [6, 6.07) is 1.77. The maximum absolute atomic E-state index is 11.7.